The number of ether oxygens (including phenoxy) is 3. The van der Waals surface area contributed by atoms with Gasteiger partial charge < -0.3 is 50.6 Å². The van der Waals surface area contributed by atoms with E-state index in [4.69, 9.17) is 15.2 Å². The maximum Gasteiger partial charge on any atom is 0.405 e. The third-order valence-electron chi connectivity index (χ3n) is 12.3. The number of benzene rings is 1. The molecule has 0 saturated carbocycles. The van der Waals surface area contributed by atoms with Crippen LogP contribution < -0.4 is 21.7 Å². The minimum Gasteiger partial charge on any atom is -0.437 e. The number of hydrogen-bond donors (Lipinski definition) is 4. The zero-order valence-corrected chi connectivity index (χ0v) is 40.1. The van der Waals surface area contributed by atoms with Crippen LogP contribution in [0.3, 0.4) is 0 Å². The smallest absolute Gasteiger partial charge is 0.405 e. The number of rotatable bonds is 24. The van der Waals surface area contributed by atoms with Crippen molar-refractivity contribution in [3.05, 3.63) is 29.8 Å². The number of hydrogen-bond acceptors (Lipinski definition) is 11. The highest BCUT2D eigenvalue weighted by Crippen LogP contribution is 2.30. The summed E-state index contributed by atoms with van der Waals surface area (Å²) in [7, 11) is 10.1. The van der Waals surface area contributed by atoms with Crippen molar-refractivity contribution in [2.24, 2.45) is 23.5 Å². The second kappa shape index (κ2) is 25.5. The minimum atomic E-state index is -1.17. The standard InChI is InChI=1S/C45H76N8O10/c1-15-27(4)38(52(12)44(59)37(26(2)3)49-41(56)30(7)50(9)10)35(61-13)25-36(54)53-22-17-20-34(53)39(62-14)28(5)43(58)51(11)23-21-32-18-16-19-33(24-32)48-40(55)29(6)47-42(57)31(8)63-45(46)60/h16,18-19,24,26-31,34-35,37-39H,15,17,20-23,25H2,1-14H3,(H2,46,60)(H,47,57)(H,48,55)(H,49,56)/t27-,28+,29?,30?,31?,34?,35+,37?,38-,39+/m0/s1. The lowest BCUT2D eigenvalue weighted by atomic mass is 9.89. The van der Waals surface area contributed by atoms with E-state index in [-0.39, 0.29) is 47.9 Å². The molecular weight excluding hydrogens is 813 g/mol. The van der Waals surface area contributed by atoms with Crippen LogP contribution in [-0.2, 0) is 49.4 Å². The van der Waals surface area contributed by atoms with Crippen LogP contribution in [0.2, 0.25) is 0 Å². The van der Waals surface area contributed by atoms with E-state index in [1.54, 1.807) is 87.1 Å². The Kier molecular flexibility index (Phi) is 22.0. The molecule has 18 heteroatoms. The number of carbonyl (C=O) groups is 7. The van der Waals surface area contributed by atoms with Crippen LogP contribution in [-0.4, -0.2) is 165 Å². The van der Waals surface area contributed by atoms with Crippen molar-refractivity contribution >= 4 is 47.2 Å². The fraction of sp³-hybridized carbons (Fsp3) is 0.711. The second-order valence-electron chi connectivity index (χ2n) is 17.5. The van der Waals surface area contributed by atoms with Crippen molar-refractivity contribution in [2.45, 2.75) is 136 Å². The molecule has 10 atom stereocenters. The number of carbonyl (C=O) groups excluding carboxylic acids is 7. The maximum atomic E-state index is 14.3. The molecule has 1 heterocycles. The zero-order chi connectivity index (χ0) is 47.9. The summed E-state index contributed by atoms with van der Waals surface area (Å²) < 4.78 is 16.7. The Bertz CT molecular complexity index is 1710. The van der Waals surface area contributed by atoms with Gasteiger partial charge in [0, 0.05) is 47.1 Å². The fourth-order valence-electron chi connectivity index (χ4n) is 7.97. The third-order valence-corrected chi connectivity index (χ3v) is 12.3. The number of likely N-dealkylation sites (tertiary alicyclic amines) is 1. The summed E-state index contributed by atoms with van der Waals surface area (Å²) in [4.78, 5) is 98.2. The van der Waals surface area contributed by atoms with Crippen LogP contribution in [0.25, 0.3) is 0 Å². The number of primary amides is 1. The summed E-state index contributed by atoms with van der Waals surface area (Å²) >= 11 is 0. The van der Waals surface area contributed by atoms with E-state index in [1.807, 2.05) is 40.7 Å². The zero-order valence-electron chi connectivity index (χ0n) is 40.1. The topological polar surface area (TPSA) is 222 Å². The van der Waals surface area contributed by atoms with Gasteiger partial charge in [-0.15, -0.1) is 0 Å². The van der Waals surface area contributed by atoms with Gasteiger partial charge in [0.2, 0.25) is 29.5 Å². The lowest BCUT2D eigenvalue weighted by Gasteiger charge is -2.41. The van der Waals surface area contributed by atoms with Crippen molar-refractivity contribution in [1.29, 1.82) is 0 Å². The molecule has 0 radical (unpaired) electrons. The van der Waals surface area contributed by atoms with Gasteiger partial charge in [0.05, 0.1) is 42.7 Å². The van der Waals surface area contributed by atoms with Crippen molar-refractivity contribution in [3.8, 4) is 0 Å². The number of nitrogens with one attached hydrogen (secondary N) is 3. The van der Waals surface area contributed by atoms with E-state index in [9.17, 15) is 33.6 Å². The summed E-state index contributed by atoms with van der Waals surface area (Å²) in [6.45, 7) is 15.1. The molecule has 5 N–H and O–H groups in total. The molecule has 63 heavy (non-hydrogen) atoms. The van der Waals surface area contributed by atoms with Gasteiger partial charge in [-0.1, -0.05) is 53.2 Å². The molecule has 1 aromatic carbocycles. The predicted octanol–water partition coefficient (Wildman–Crippen LogP) is 2.63. The molecule has 0 aromatic heterocycles. The molecule has 0 spiro atoms. The Morgan fingerprint density at radius 3 is 2.08 bits per heavy atom. The van der Waals surface area contributed by atoms with Crippen LogP contribution in [0, 0.1) is 17.8 Å². The third kappa shape index (κ3) is 15.4. The highest BCUT2D eigenvalue weighted by Gasteiger charge is 2.43. The van der Waals surface area contributed by atoms with Gasteiger partial charge in [-0.25, -0.2) is 4.79 Å². The molecule has 1 saturated heterocycles. The van der Waals surface area contributed by atoms with Gasteiger partial charge in [-0.3, -0.25) is 33.7 Å². The fourth-order valence-corrected chi connectivity index (χ4v) is 7.97. The maximum absolute atomic E-state index is 14.3. The van der Waals surface area contributed by atoms with Crippen LogP contribution in [0.1, 0.15) is 86.6 Å². The largest absolute Gasteiger partial charge is 0.437 e. The average molecular weight is 889 g/mol. The number of methoxy groups -OCH3 is 2. The van der Waals surface area contributed by atoms with Gasteiger partial charge >= 0.3 is 6.09 Å². The Hall–Kier alpha value is -4.81. The molecule has 356 valence electrons. The van der Waals surface area contributed by atoms with Crippen LogP contribution in [0.15, 0.2) is 24.3 Å². The molecule has 5 unspecified atom stereocenters. The first kappa shape index (κ1) is 54.3. The van der Waals surface area contributed by atoms with Crippen LogP contribution >= 0.6 is 0 Å². The average Bonchev–Trinajstić information content (AvgIpc) is 3.72. The first-order valence-corrected chi connectivity index (χ1v) is 22.0. The van der Waals surface area contributed by atoms with Gasteiger partial charge in [0.25, 0.3) is 5.91 Å². The lowest BCUT2D eigenvalue weighted by Crippen LogP contribution is -2.59. The Balaban J connectivity index is 2.14. The first-order valence-electron chi connectivity index (χ1n) is 22.0. The molecule has 7 amide bonds. The molecular formula is C45H76N8O10. The Labute approximate surface area is 374 Å². The van der Waals surface area contributed by atoms with E-state index in [1.165, 1.54) is 13.8 Å². The van der Waals surface area contributed by atoms with Crippen LogP contribution in [0.5, 0.6) is 0 Å². The monoisotopic (exact) mass is 889 g/mol. The SMILES string of the molecule is CC[C@H](C)[C@@H]([C@@H](CC(=O)N1CCCC1[C@H](OC)[C@@H](C)C(=O)N(C)CCc1cccc(NC(=O)C(C)NC(=O)C(C)OC(N)=O)c1)OC)N(C)C(=O)C(NC(=O)C(C)N(C)C)C(C)C. The summed E-state index contributed by atoms with van der Waals surface area (Å²) in [6, 6.07) is 4.17. The summed E-state index contributed by atoms with van der Waals surface area (Å²) in [5.41, 5.74) is 6.32. The normalized spacial score (nSPS) is 18.2. The molecule has 0 bridgehead atoms. The summed E-state index contributed by atoms with van der Waals surface area (Å²) in [5, 5.41) is 8.20. The number of nitrogens with two attached hydrogens (primary N) is 1. The molecule has 1 aromatic rings. The van der Waals surface area contributed by atoms with E-state index in [2.05, 4.69) is 20.7 Å². The number of anilines is 1. The van der Waals surface area contributed by atoms with Crippen molar-refractivity contribution < 1.29 is 47.8 Å². The number of amides is 7. The highest BCUT2D eigenvalue weighted by atomic mass is 16.6. The van der Waals surface area contributed by atoms with Crippen molar-refractivity contribution in [2.75, 3.05) is 60.8 Å². The summed E-state index contributed by atoms with van der Waals surface area (Å²) in [6.07, 6.45) is -0.913. The molecule has 0 aliphatic carbocycles. The number of nitrogens with zero attached hydrogens (tertiary/aromatic N) is 4. The predicted molar refractivity (Wildman–Crippen MR) is 240 cm³/mol. The Morgan fingerprint density at radius 1 is 0.873 bits per heavy atom. The first-order chi connectivity index (χ1) is 29.5. The second-order valence-corrected chi connectivity index (χ2v) is 17.5. The Morgan fingerprint density at radius 2 is 1.52 bits per heavy atom. The molecule has 1 aliphatic heterocycles. The van der Waals surface area contributed by atoms with Gasteiger partial charge in [0.15, 0.2) is 6.10 Å². The summed E-state index contributed by atoms with van der Waals surface area (Å²) in [5.74, 6) is -2.79. The number of likely N-dealkylation sites (N-methyl/N-ethyl adjacent to an activating group) is 3. The van der Waals surface area contributed by atoms with E-state index < -0.39 is 66.3 Å². The molecule has 1 fully saturated rings. The van der Waals surface area contributed by atoms with Gasteiger partial charge in [0.1, 0.15) is 12.1 Å². The molecule has 1 aliphatic rings. The molecule has 2 rings (SSSR count). The van der Waals surface area contributed by atoms with E-state index in [0.717, 1.165) is 18.4 Å². The van der Waals surface area contributed by atoms with E-state index in [0.29, 0.717) is 31.6 Å². The van der Waals surface area contributed by atoms with Crippen molar-refractivity contribution in [3.63, 3.8) is 0 Å². The highest BCUT2D eigenvalue weighted by molar-refractivity contribution is 5.97. The molecule has 18 nitrogen and oxygen atoms in total. The van der Waals surface area contributed by atoms with Gasteiger partial charge in [-0.2, -0.15) is 0 Å². The van der Waals surface area contributed by atoms with Crippen molar-refractivity contribution in [1.82, 2.24) is 30.2 Å². The van der Waals surface area contributed by atoms with Gasteiger partial charge in [-0.05, 0) is 83.7 Å². The quantitative estimate of drug-likeness (QED) is 0.118. The minimum absolute atomic E-state index is 0.00679. The van der Waals surface area contributed by atoms with E-state index >= 15 is 0 Å². The van der Waals surface area contributed by atoms with Crippen LogP contribution in [0.4, 0.5) is 10.5 Å². The lowest BCUT2D eigenvalue weighted by molar-refractivity contribution is -0.149.